The Balaban J connectivity index is 1.93. The Labute approximate surface area is 182 Å². The predicted molar refractivity (Wildman–Crippen MR) is 113 cm³/mol. The Morgan fingerprint density at radius 1 is 1.16 bits per heavy atom. The molecule has 3 rings (SSSR count). The van der Waals surface area contributed by atoms with E-state index in [4.69, 9.17) is 11.1 Å². The van der Waals surface area contributed by atoms with Crippen molar-refractivity contribution in [2.45, 2.75) is 31.9 Å². The summed E-state index contributed by atoms with van der Waals surface area (Å²) in [5.74, 6) is -2.61. The van der Waals surface area contributed by atoms with Gasteiger partial charge in [-0.25, -0.2) is 0 Å². The third kappa shape index (κ3) is 4.84. The van der Waals surface area contributed by atoms with E-state index in [9.17, 15) is 27.9 Å². The average Bonchev–Trinajstić information content (AvgIpc) is 3.27. The van der Waals surface area contributed by atoms with Gasteiger partial charge in [0, 0.05) is 24.2 Å². The van der Waals surface area contributed by atoms with Gasteiger partial charge in [0.2, 0.25) is 5.91 Å². The fourth-order valence-corrected chi connectivity index (χ4v) is 3.55. The minimum Gasteiger partial charge on any atom is -0.508 e. The smallest absolute Gasteiger partial charge is 0.416 e. The molecule has 1 heterocycles. The maximum atomic E-state index is 13.2. The Bertz CT molecular complexity index is 1060. The summed E-state index contributed by atoms with van der Waals surface area (Å²) in [6, 6.07) is 6.72. The molecule has 5 N–H and O–H groups in total. The third-order valence-electron chi connectivity index (χ3n) is 5.43. The third-order valence-corrected chi connectivity index (χ3v) is 5.43. The van der Waals surface area contributed by atoms with Crippen LogP contribution < -0.4 is 11.1 Å². The first kappa shape index (κ1) is 23.1. The largest absolute Gasteiger partial charge is 0.508 e. The fraction of sp³-hybridized carbons (Fsp3) is 0.318. The number of hydrogen-bond donors (Lipinski definition) is 4. The van der Waals surface area contributed by atoms with Gasteiger partial charge in [-0.1, -0.05) is 0 Å². The van der Waals surface area contributed by atoms with E-state index in [-0.39, 0.29) is 28.4 Å². The maximum absolute atomic E-state index is 13.2. The Morgan fingerprint density at radius 2 is 1.81 bits per heavy atom. The standard InChI is InChI=1S/C22H23F3N4O3/c1-12(15-10-13(19(26)27)4-7-18(15)30)20(31)28-17-6-5-14(22(23,24)25)11-16(17)21(32)29-8-2-3-9-29/h4-7,10-12,30H,2-3,8-9H2,1H3,(H3,26,27)(H,28,31). The number of phenolic OH excluding ortho intramolecular Hbond substituents is 1. The number of anilines is 1. The van der Waals surface area contributed by atoms with Gasteiger partial charge in [-0.15, -0.1) is 0 Å². The van der Waals surface area contributed by atoms with Crippen LogP contribution in [0.4, 0.5) is 18.9 Å². The molecule has 0 radical (unpaired) electrons. The first-order valence-electron chi connectivity index (χ1n) is 9.97. The van der Waals surface area contributed by atoms with Crippen molar-refractivity contribution in [2.24, 2.45) is 5.73 Å². The van der Waals surface area contributed by atoms with Crippen LogP contribution in [0, 0.1) is 5.41 Å². The lowest BCUT2D eigenvalue weighted by Crippen LogP contribution is -2.30. The lowest BCUT2D eigenvalue weighted by atomic mass is 9.96. The number of aromatic hydroxyl groups is 1. The van der Waals surface area contributed by atoms with Gasteiger partial charge < -0.3 is 21.1 Å². The number of rotatable bonds is 5. The van der Waals surface area contributed by atoms with E-state index < -0.39 is 29.5 Å². The number of nitrogen functional groups attached to an aromatic ring is 1. The van der Waals surface area contributed by atoms with Crippen molar-refractivity contribution in [1.29, 1.82) is 5.41 Å². The van der Waals surface area contributed by atoms with Crippen molar-refractivity contribution in [1.82, 2.24) is 4.90 Å². The van der Waals surface area contributed by atoms with Crippen molar-refractivity contribution in [3.63, 3.8) is 0 Å². The second-order valence-corrected chi connectivity index (χ2v) is 7.66. The Kier molecular flexibility index (Phi) is 6.42. The summed E-state index contributed by atoms with van der Waals surface area (Å²) < 4.78 is 39.7. The van der Waals surface area contributed by atoms with Crippen LogP contribution in [0.2, 0.25) is 0 Å². The average molecular weight is 448 g/mol. The first-order chi connectivity index (χ1) is 15.0. The van der Waals surface area contributed by atoms with E-state index in [0.29, 0.717) is 18.7 Å². The summed E-state index contributed by atoms with van der Waals surface area (Å²) >= 11 is 0. The molecule has 0 aliphatic carbocycles. The SMILES string of the molecule is CC(C(=O)Nc1ccc(C(F)(F)F)cc1C(=O)N1CCCC1)c1cc(C(=N)N)ccc1O. The van der Waals surface area contributed by atoms with Crippen LogP contribution >= 0.6 is 0 Å². The number of amidine groups is 1. The zero-order valence-corrected chi connectivity index (χ0v) is 17.3. The van der Waals surface area contributed by atoms with Crippen LogP contribution in [0.3, 0.4) is 0 Å². The second kappa shape index (κ2) is 8.89. The molecule has 1 saturated heterocycles. The van der Waals surface area contributed by atoms with Crippen molar-refractivity contribution >= 4 is 23.3 Å². The number of nitrogens with zero attached hydrogens (tertiary/aromatic N) is 1. The van der Waals surface area contributed by atoms with E-state index in [1.807, 2.05) is 0 Å². The van der Waals surface area contributed by atoms with Crippen LogP contribution in [0.25, 0.3) is 0 Å². The summed E-state index contributed by atoms with van der Waals surface area (Å²) in [5, 5.41) is 20.2. The van der Waals surface area contributed by atoms with Gasteiger partial charge in [0.1, 0.15) is 11.6 Å². The lowest BCUT2D eigenvalue weighted by molar-refractivity contribution is -0.137. The molecule has 170 valence electrons. The second-order valence-electron chi connectivity index (χ2n) is 7.66. The van der Waals surface area contributed by atoms with Gasteiger partial charge >= 0.3 is 6.18 Å². The number of alkyl halides is 3. The summed E-state index contributed by atoms with van der Waals surface area (Å²) in [6.07, 6.45) is -3.13. The number of nitrogens with two attached hydrogens (primary N) is 1. The van der Waals surface area contributed by atoms with Gasteiger partial charge in [-0.2, -0.15) is 13.2 Å². The van der Waals surface area contributed by atoms with Gasteiger partial charge in [0.15, 0.2) is 0 Å². The van der Waals surface area contributed by atoms with E-state index in [0.717, 1.165) is 31.0 Å². The zero-order chi connectivity index (χ0) is 23.6. The highest BCUT2D eigenvalue weighted by Gasteiger charge is 2.33. The van der Waals surface area contributed by atoms with Gasteiger partial charge in [0.05, 0.1) is 22.7 Å². The van der Waals surface area contributed by atoms with Crippen molar-refractivity contribution in [3.05, 3.63) is 58.7 Å². The molecule has 0 saturated carbocycles. The number of hydrogen-bond acceptors (Lipinski definition) is 4. The monoisotopic (exact) mass is 448 g/mol. The number of carbonyl (C=O) groups excluding carboxylic acids is 2. The van der Waals surface area contributed by atoms with Gasteiger partial charge in [-0.3, -0.25) is 15.0 Å². The number of nitrogens with one attached hydrogen (secondary N) is 2. The van der Waals surface area contributed by atoms with Crippen LogP contribution in [-0.4, -0.2) is 40.7 Å². The topological polar surface area (TPSA) is 120 Å². The molecule has 32 heavy (non-hydrogen) atoms. The van der Waals surface area contributed by atoms with E-state index in [1.165, 1.54) is 30.0 Å². The molecule has 1 unspecified atom stereocenters. The number of carbonyl (C=O) groups is 2. The number of likely N-dealkylation sites (tertiary alicyclic amines) is 1. The molecule has 1 atom stereocenters. The minimum absolute atomic E-state index is 0.0473. The molecule has 0 bridgehead atoms. The molecule has 0 spiro atoms. The summed E-state index contributed by atoms with van der Waals surface area (Å²) in [4.78, 5) is 27.2. The molecular weight excluding hydrogens is 425 g/mol. The van der Waals surface area contributed by atoms with Crippen molar-refractivity contribution < 1.29 is 27.9 Å². The quantitative estimate of drug-likeness (QED) is 0.412. The van der Waals surface area contributed by atoms with E-state index >= 15 is 0 Å². The molecular formula is C22H23F3N4O3. The molecule has 1 aliphatic heterocycles. The molecule has 0 aromatic heterocycles. The minimum atomic E-state index is -4.64. The lowest BCUT2D eigenvalue weighted by Gasteiger charge is -2.21. The number of amides is 2. The number of halogens is 3. The van der Waals surface area contributed by atoms with Crippen LogP contribution in [0.5, 0.6) is 5.75 Å². The Hall–Kier alpha value is -3.56. The van der Waals surface area contributed by atoms with Crippen LogP contribution in [0.1, 0.15) is 52.7 Å². The number of phenols is 1. The Morgan fingerprint density at radius 3 is 2.41 bits per heavy atom. The van der Waals surface area contributed by atoms with Gasteiger partial charge in [0.25, 0.3) is 5.91 Å². The predicted octanol–water partition coefficient (Wildman–Crippen LogP) is 3.67. The maximum Gasteiger partial charge on any atom is 0.416 e. The normalized spacial score (nSPS) is 14.8. The molecule has 1 aliphatic rings. The van der Waals surface area contributed by atoms with Crippen molar-refractivity contribution in [2.75, 3.05) is 18.4 Å². The first-order valence-corrected chi connectivity index (χ1v) is 9.97. The highest BCUT2D eigenvalue weighted by atomic mass is 19.4. The molecule has 2 amide bonds. The summed E-state index contributed by atoms with van der Waals surface area (Å²) in [6.45, 7) is 2.36. The molecule has 2 aromatic rings. The van der Waals surface area contributed by atoms with Crippen LogP contribution in [0.15, 0.2) is 36.4 Å². The van der Waals surface area contributed by atoms with Gasteiger partial charge in [-0.05, 0) is 56.2 Å². The van der Waals surface area contributed by atoms with E-state index in [2.05, 4.69) is 5.32 Å². The fourth-order valence-electron chi connectivity index (χ4n) is 3.55. The molecule has 10 heteroatoms. The molecule has 1 fully saturated rings. The highest BCUT2D eigenvalue weighted by molar-refractivity contribution is 6.05. The van der Waals surface area contributed by atoms with Crippen molar-refractivity contribution in [3.8, 4) is 5.75 Å². The summed E-state index contributed by atoms with van der Waals surface area (Å²) in [5.41, 5.74) is 4.67. The molecule has 2 aromatic carbocycles. The zero-order valence-electron chi connectivity index (χ0n) is 17.3. The van der Waals surface area contributed by atoms with Crippen LogP contribution in [-0.2, 0) is 11.0 Å². The summed E-state index contributed by atoms with van der Waals surface area (Å²) in [7, 11) is 0. The van der Waals surface area contributed by atoms with E-state index in [1.54, 1.807) is 0 Å². The molecule has 7 nitrogen and oxygen atoms in total. The highest BCUT2D eigenvalue weighted by Crippen LogP contribution is 2.34. The number of benzene rings is 2.